The molecular weight excluding hydrogens is 297 g/mol. The van der Waals surface area contributed by atoms with Crippen LogP contribution in [0.25, 0.3) is 0 Å². The molecule has 1 unspecified atom stereocenters. The van der Waals surface area contributed by atoms with E-state index in [1.165, 1.54) is 0 Å². The maximum absolute atomic E-state index is 12.0. The molecule has 1 fully saturated rings. The maximum Gasteiger partial charge on any atom is 0.222 e. The summed E-state index contributed by atoms with van der Waals surface area (Å²) in [6.45, 7) is 0.415. The summed E-state index contributed by atoms with van der Waals surface area (Å²) in [5.74, 6) is 0.409. The summed E-state index contributed by atoms with van der Waals surface area (Å²) in [6, 6.07) is 5.30. The number of nitrogens with zero attached hydrogens (tertiary/aromatic N) is 1. The van der Waals surface area contributed by atoms with Gasteiger partial charge >= 0.3 is 0 Å². The third kappa shape index (κ3) is 4.37. The van der Waals surface area contributed by atoms with E-state index in [0.29, 0.717) is 35.3 Å². The number of carbonyl (C=O) groups excluding carboxylic acids is 1. The van der Waals surface area contributed by atoms with Gasteiger partial charge in [-0.15, -0.1) is 0 Å². The van der Waals surface area contributed by atoms with E-state index < -0.39 is 0 Å². The Morgan fingerprint density at radius 2 is 2.15 bits per heavy atom. The Bertz CT molecular complexity index is 489. The molecule has 20 heavy (non-hydrogen) atoms. The normalized spacial score (nSPS) is 16.0. The van der Waals surface area contributed by atoms with E-state index in [0.717, 1.165) is 18.4 Å². The molecule has 1 aliphatic carbocycles. The smallest absolute Gasteiger partial charge is 0.222 e. The van der Waals surface area contributed by atoms with Crippen molar-refractivity contribution in [3.05, 3.63) is 33.8 Å². The Morgan fingerprint density at radius 1 is 1.45 bits per heavy atom. The van der Waals surface area contributed by atoms with Crippen LogP contribution in [-0.4, -0.2) is 35.6 Å². The molecule has 0 heterocycles. The molecule has 0 saturated heterocycles. The van der Waals surface area contributed by atoms with Crippen molar-refractivity contribution in [2.45, 2.75) is 31.8 Å². The Labute approximate surface area is 129 Å². The predicted octanol–water partition coefficient (Wildman–Crippen LogP) is 3.16. The third-order valence-corrected chi connectivity index (χ3v) is 4.26. The number of amides is 1. The SMILES string of the molecule is CN(CC(O)C1CC1)C(=O)CCc1ccc(Cl)cc1Cl. The molecule has 1 atom stereocenters. The first-order chi connectivity index (χ1) is 9.47. The highest BCUT2D eigenvalue weighted by Crippen LogP contribution is 2.32. The van der Waals surface area contributed by atoms with Crippen LogP contribution in [0, 0.1) is 5.92 Å². The molecule has 3 nitrogen and oxygen atoms in total. The van der Waals surface area contributed by atoms with Crippen molar-refractivity contribution < 1.29 is 9.90 Å². The highest BCUT2D eigenvalue weighted by molar-refractivity contribution is 6.35. The molecular formula is C15H19Cl2NO2. The molecule has 0 spiro atoms. The van der Waals surface area contributed by atoms with Gasteiger partial charge < -0.3 is 10.0 Å². The molecule has 0 aromatic heterocycles. The van der Waals surface area contributed by atoms with Crippen LogP contribution in [0.3, 0.4) is 0 Å². The Balaban J connectivity index is 1.81. The molecule has 1 saturated carbocycles. The Hall–Kier alpha value is -0.770. The highest BCUT2D eigenvalue weighted by atomic mass is 35.5. The summed E-state index contributed by atoms with van der Waals surface area (Å²) in [4.78, 5) is 13.6. The van der Waals surface area contributed by atoms with Crippen LogP contribution >= 0.6 is 23.2 Å². The van der Waals surface area contributed by atoms with E-state index in [4.69, 9.17) is 23.2 Å². The van der Waals surface area contributed by atoms with Crippen molar-refractivity contribution in [1.29, 1.82) is 0 Å². The lowest BCUT2D eigenvalue weighted by molar-refractivity contribution is -0.131. The summed E-state index contributed by atoms with van der Waals surface area (Å²) in [6.07, 6.45) is 2.73. The second kappa shape index (κ2) is 6.79. The number of aryl methyl sites for hydroxylation is 1. The minimum atomic E-state index is -0.386. The first-order valence-electron chi connectivity index (χ1n) is 6.83. The number of aliphatic hydroxyl groups is 1. The number of aliphatic hydroxyl groups excluding tert-OH is 1. The van der Waals surface area contributed by atoms with E-state index in [2.05, 4.69) is 0 Å². The first-order valence-corrected chi connectivity index (χ1v) is 7.59. The van der Waals surface area contributed by atoms with Crippen LogP contribution in [0.5, 0.6) is 0 Å². The minimum Gasteiger partial charge on any atom is -0.391 e. The maximum atomic E-state index is 12.0. The van der Waals surface area contributed by atoms with Crippen LogP contribution < -0.4 is 0 Å². The average molecular weight is 316 g/mol. The second-order valence-electron chi connectivity index (χ2n) is 5.41. The standard InChI is InChI=1S/C15H19Cl2NO2/c1-18(9-14(19)11-2-3-11)15(20)7-5-10-4-6-12(16)8-13(10)17/h4,6,8,11,14,19H,2-3,5,7,9H2,1H3. The number of rotatable bonds is 6. The highest BCUT2D eigenvalue weighted by Gasteiger charge is 2.31. The van der Waals surface area contributed by atoms with Gasteiger partial charge in [-0.3, -0.25) is 4.79 Å². The molecule has 0 aliphatic heterocycles. The van der Waals surface area contributed by atoms with Gasteiger partial charge in [0.15, 0.2) is 0 Å². The van der Waals surface area contributed by atoms with Gasteiger partial charge in [0.1, 0.15) is 0 Å². The van der Waals surface area contributed by atoms with Gasteiger partial charge in [-0.1, -0.05) is 29.3 Å². The topological polar surface area (TPSA) is 40.5 Å². The number of hydrogen-bond acceptors (Lipinski definition) is 2. The van der Waals surface area contributed by atoms with E-state index >= 15 is 0 Å². The first kappa shape index (κ1) is 15.6. The quantitative estimate of drug-likeness (QED) is 0.876. The number of carbonyl (C=O) groups is 1. The number of benzene rings is 1. The molecule has 2 rings (SSSR count). The van der Waals surface area contributed by atoms with Gasteiger partial charge in [0.25, 0.3) is 0 Å². The van der Waals surface area contributed by atoms with Gasteiger partial charge in [0, 0.05) is 30.1 Å². The van der Waals surface area contributed by atoms with Crippen LogP contribution in [0.2, 0.25) is 10.0 Å². The molecule has 0 radical (unpaired) electrons. The summed E-state index contributed by atoms with van der Waals surface area (Å²) >= 11 is 11.9. The van der Waals surface area contributed by atoms with E-state index in [-0.39, 0.29) is 12.0 Å². The fourth-order valence-electron chi connectivity index (χ4n) is 2.17. The molecule has 1 aliphatic rings. The van der Waals surface area contributed by atoms with Crippen molar-refractivity contribution in [2.24, 2.45) is 5.92 Å². The largest absolute Gasteiger partial charge is 0.391 e. The van der Waals surface area contributed by atoms with Crippen LogP contribution in [-0.2, 0) is 11.2 Å². The summed E-state index contributed by atoms with van der Waals surface area (Å²) in [5.41, 5.74) is 0.917. The zero-order valence-corrected chi connectivity index (χ0v) is 13.0. The van der Waals surface area contributed by atoms with Crippen molar-refractivity contribution >= 4 is 29.1 Å². The van der Waals surface area contributed by atoms with Crippen LogP contribution in [0.15, 0.2) is 18.2 Å². The monoisotopic (exact) mass is 315 g/mol. The van der Waals surface area contributed by atoms with Gasteiger partial charge in [-0.25, -0.2) is 0 Å². The van der Waals surface area contributed by atoms with E-state index in [1.807, 2.05) is 6.07 Å². The lowest BCUT2D eigenvalue weighted by Gasteiger charge is -2.20. The summed E-state index contributed by atoms with van der Waals surface area (Å²) in [5, 5.41) is 11.0. The molecule has 1 N–H and O–H groups in total. The predicted molar refractivity (Wildman–Crippen MR) is 81.2 cm³/mol. The van der Waals surface area contributed by atoms with Gasteiger partial charge in [0.05, 0.1) is 6.10 Å². The van der Waals surface area contributed by atoms with Crippen LogP contribution in [0.1, 0.15) is 24.8 Å². The second-order valence-corrected chi connectivity index (χ2v) is 6.26. The van der Waals surface area contributed by atoms with Crippen molar-refractivity contribution in [2.75, 3.05) is 13.6 Å². The van der Waals surface area contributed by atoms with E-state index in [9.17, 15) is 9.90 Å². The molecule has 1 aromatic carbocycles. The zero-order chi connectivity index (χ0) is 14.7. The van der Waals surface area contributed by atoms with Crippen molar-refractivity contribution in [1.82, 2.24) is 4.90 Å². The average Bonchev–Trinajstić information content (AvgIpc) is 3.21. The van der Waals surface area contributed by atoms with Crippen molar-refractivity contribution in [3.63, 3.8) is 0 Å². The number of likely N-dealkylation sites (N-methyl/N-ethyl adjacent to an activating group) is 1. The zero-order valence-electron chi connectivity index (χ0n) is 11.5. The van der Waals surface area contributed by atoms with E-state index in [1.54, 1.807) is 24.1 Å². The molecule has 0 bridgehead atoms. The molecule has 5 heteroatoms. The minimum absolute atomic E-state index is 0.0238. The lowest BCUT2D eigenvalue weighted by Crippen LogP contribution is -2.35. The fourth-order valence-corrected chi connectivity index (χ4v) is 2.67. The number of hydrogen-bond donors (Lipinski definition) is 1. The molecule has 1 aromatic rings. The summed E-state index contributed by atoms with van der Waals surface area (Å²) < 4.78 is 0. The number of halogens is 2. The van der Waals surface area contributed by atoms with Crippen molar-refractivity contribution in [3.8, 4) is 0 Å². The Kier molecular flexibility index (Phi) is 5.30. The van der Waals surface area contributed by atoms with Gasteiger partial charge in [-0.2, -0.15) is 0 Å². The fraction of sp³-hybridized carbons (Fsp3) is 0.533. The van der Waals surface area contributed by atoms with Crippen LogP contribution in [0.4, 0.5) is 0 Å². The van der Waals surface area contributed by atoms with Gasteiger partial charge in [-0.05, 0) is 42.9 Å². The lowest BCUT2D eigenvalue weighted by atomic mass is 10.1. The summed E-state index contributed by atoms with van der Waals surface area (Å²) in [7, 11) is 1.73. The van der Waals surface area contributed by atoms with Gasteiger partial charge in [0.2, 0.25) is 5.91 Å². The Morgan fingerprint density at radius 3 is 2.75 bits per heavy atom. The molecule has 110 valence electrons. The molecule has 1 amide bonds. The third-order valence-electron chi connectivity index (χ3n) is 3.68.